The summed E-state index contributed by atoms with van der Waals surface area (Å²) in [6.45, 7) is 6.92. The Hall–Kier alpha value is -2.54. The second kappa shape index (κ2) is 9.10. The fourth-order valence-electron chi connectivity index (χ4n) is 3.53. The third-order valence-electron chi connectivity index (χ3n) is 5.11. The van der Waals surface area contributed by atoms with Crippen molar-refractivity contribution in [3.8, 4) is 6.01 Å². The first-order chi connectivity index (χ1) is 13.5. The van der Waals surface area contributed by atoms with Gasteiger partial charge in [0.05, 0.1) is 7.11 Å². The van der Waals surface area contributed by atoms with Gasteiger partial charge in [-0.15, -0.1) is 0 Å². The van der Waals surface area contributed by atoms with Crippen molar-refractivity contribution in [2.24, 2.45) is 5.92 Å². The van der Waals surface area contributed by atoms with E-state index in [-0.39, 0.29) is 17.8 Å². The van der Waals surface area contributed by atoms with E-state index in [0.29, 0.717) is 38.0 Å². The molecule has 2 heterocycles. The lowest BCUT2D eigenvalue weighted by atomic mass is 10.0. The first-order valence-electron chi connectivity index (χ1n) is 9.57. The molecule has 3 rings (SSSR count). The van der Waals surface area contributed by atoms with E-state index in [1.165, 1.54) is 12.1 Å². The van der Waals surface area contributed by atoms with Crippen LogP contribution in [0.4, 0.5) is 4.39 Å². The maximum absolute atomic E-state index is 13.2. The molecule has 150 valence electrons. The molecular formula is C21H27FN4O2. The Morgan fingerprint density at radius 1 is 1.14 bits per heavy atom. The van der Waals surface area contributed by atoms with E-state index >= 15 is 0 Å². The highest BCUT2D eigenvalue weighted by molar-refractivity contribution is 5.77. The molecule has 0 spiro atoms. The molecule has 28 heavy (non-hydrogen) atoms. The van der Waals surface area contributed by atoms with Gasteiger partial charge in [-0.3, -0.25) is 9.69 Å². The van der Waals surface area contributed by atoms with E-state index in [4.69, 9.17) is 4.74 Å². The number of carbonyl (C=O) groups excluding carboxylic acids is 1. The molecule has 0 saturated carbocycles. The first-order valence-corrected chi connectivity index (χ1v) is 9.57. The lowest BCUT2D eigenvalue weighted by Gasteiger charge is -2.35. The monoisotopic (exact) mass is 386 g/mol. The topological polar surface area (TPSA) is 58.6 Å². The van der Waals surface area contributed by atoms with Gasteiger partial charge in [0.15, 0.2) is 0 Å². The van der Waals surface area contributed by atoms with Gasteiger partial charge in [-0.05, 0) is 23.6 Å². The van der Waals surface area contributed by atoms with Gasteiger partial charge >= 0.3 is 6.01 Å². The van der Waals surface area contributed by atoms with Crippen LogP contribution in [-0.4, -0.2) is 51.9 Å². The molecule has 0 unspecified atom stereocenters. The normalized spacial score (nSPS) is 18.4. The summed E-state index contributed by atoms with van der Waals surface area (Å²) in [6.07, 6.45) is 3.99. The molecule has 0 bridgehead atoms. The average Bonchev–Trinajstić information content (AvgIpc) is 2.84. The van der Waals surface area contributed by atoms with Gasteiger partial charge in [0.2, 0.25) is 5.91 Å². The number of hydrogen-bond acceptors (Lipinski definition) is 5. The van der Waals surface area contributed by atoms with Crippen LogP contribution >= 0.6 is 0 Å². The van der Waals surface area contributed by atoms with Gasteiger partial charge in [-0.1, -0.05) is 26.0 Å². The van der Waals surface area contributed by atoms with E-state index in [0.717, 1.165) is 17.7 Å². The molecule has 1 saturated heterocycles. The van der Waals surface area contributed by atoms with Crippen LogP contribution in [0, 0.1) is 11.7 Å². The summed E-state index contributed by atoms with van der Waals surface area (Å²) in [5.74, 6) is 0.174. The zero-order valence-electron chi connectivity index (χ0n) is 16.6. The predicted molar refractivity (Wildman–Crippen MR) is 104 cm³/mol. The summed E-state index contributed by atoms with van der Waals surface area (Å²) < 4.78 is 18.2. The van der Waals surface area contributed by atoms with Gasteiger partial charge < -0.3 is 9.64 Å². The van der Waals surface area contributed by atoms with Crippen LogP contribution in [0.5, 0.6) is 6.01 Å². The fraction of sp³-hybridized carbons (Fsp3) is 0.476. The second-order valence-corrected chi connectivity index (χ2v) is 7.52. The molecule has 1 atom stereocenters. The highest BCUT2D eigenvalue weighted by Gasteiger charge is 2.31. The number of hydrogen-bond donors (Lipinski definition) is 0. The van der Waals surface area contributed by atoms with Gasteiger partial charge in [-0.25, -0.2) is 14.4 Å². The van der Waals surface area contributed by atoms with E-state index in [2.05, 4.69) is 28.7 Å². The van der Waals surface area contributed by atoms with Crippen LogP contribution in [0.2, 0.25) is 0 Å². The van der Waals surface area contributed by atoms with E-state index in [1.807, 2.05) is 4.90 Å². The minimum Gasteiger partial charge on any atom is -0.467 e. The van der Waals surface area contributed by atoms with Gasteiger partial charge in [0, 0.05) is 56.6 Å². The van der Waals surface area contributed by atoms with Crippen LogP contribution in [-0.2, 0) is 17.9 Å². The molecule has 2 aromatic rings. The standard InChI is InChI=1S/C21H27FN4O2/c1-15(2)19-14-25(12-17-10-23-21(28-3)24-11-17)9-8-20(27)26(19)13-16-4-6-18(22)7-5-16/h4-7,10-11,15,19H,8-9,12-14H2,1-3H3/t19-/m0/s1. The number of ether oxygens (including phenoxy) is 1. The molecule has 1 aromatic carbocycles. The number of halogens is 1. The molecule has 1 aliphatic heterocycles. The summed E-state index contributed by atoms with van der Waals surface area (Å²) in [7, 11) is 1.54. The molecule has 0 aliphatic carbocycles. The highest BCUT2D eigenvalue weighted by Crippen LogP contribution is 2.22. The predicted octanol–water partition coefficient (Wildman–Crippen LogP) is 2.88. The molecular weight excluding hydrogens is 359 g/mol. The van der Waals surface area contributed by atoms with Crippen molar-refractivity contribution in [1.29, 1.82) is 0 Å². The van der Waals surface area contributed by atoms with Crippen LogP contribution in [0.25, 0.3) is 0 Å². The summed E-state index contributed by atoms with van der Waals surface area (Å²) in [5.41, 5.74) is 1.93. The van der Waals surface area contributed by atoms with Crippen molar-refractivity contribution in [3.63, 3.8) is 0 Å². The number of methoxy groups -OCH3 is 1. The van der Waals surface area contributed by atoms with Crippen LogP contribution in [0.1, 0.15) is 31.4 Å². The lowest BCUT2D eigenvalue weighted by Crippen LogP contribution is -2.45. The zero-order chi connectivity index (χ0) is 20.1. The SMILES string of the molecule is COc1ncc(CN2CCC(=O)N(Cc3ccc(F)cc3)[C@H](C(C)C)C2)cn1. The van der Waals surface area contributed by atoms with Crippen LogP contribution in [0.15, 0.2) is 36.7 Å². The Bertz CT molecular complexity index is 780. The lowest BCUT2D eigenvalue weighted by molar-refractivity contribution is -0.134. The van der Waals surface area contributed by atoms with E-state index < -0.39 is 0 Å². The molecule has 0 radical (unpaired) electrons. The molecule has 6 nitrogen and oxygen atoms in total. The Kier molecular flexibility index (Phi) is 6.57. The Morgan fingerprint density at radius 2 is 1.82 bits per heavy atom. The number of carbonyl (C=O) groups is 1. The molecule has 1 fully saturated rings. The smallest absolute Gasteiger partial charge is 0.316 e. The van der Waals surface area contributed by atoms with Gasteiger partial charge in [-0.2, -0.15) is 0 Å². The largest absolute Gasteiger partial charge is 0.467 e. The van der Waals surface area contributed by atoms with Gasteiger partial charge in [0.1, 0.15) is 5.82 Å². The van der Waals surface area contributed by atoms with Crippen molar-refractivity contribution < 1.29 is 13.9 Å². The third-order valence-corrected chi connectivity index (χ3v) is 5.11. The number of aromatic nitrogens is 2. The zero-order valence-corrected chi connectivity index (χ0v) is 16.6. The van der Waals surface area contributed by atoms with Crippen molar-refractivity contribution >= 4 is 5.91 Å². The fourth-order valence-corrected chi connectivity index (χ4v) is 3.53. The van der Waals surface area contributed by atoms with Crippen LogP contribution in [0.3, 0.4) is 0 Å². The van der Waals surface area contributed by atoms with Crippen LogP contribution < -0.4 is 4.74 Å². The number of rotatable bonds is 6. The minimum absolute atomic E-state index is 0.0826. The van der Waals surface area contributed by atoms with Gasteiger partial charge in [0.25, 0.3) is 0 Å². The number of benzene rings is 1. The first kappa shape index (κ1) is 20.2. The Morgan fingerprint density at radius 3 is 2.43 bits per heavy atom. The summed E-state index contributed by atoms with van der Waals surface area (Å²) in [6, 6.07) is 6.81. The number of nitrogens with zero attached hydrogens (tertiary/aromatic N) is 4. The Labute approximate surface area is 165 Å². The quantitative estimate of drug-likeness (QED) is 0.764. The maximum atomic E-state index is 13.2. The number of amides is 1. The molecule has 1 amide bonds. The van der Waals surface area contributed by atoms with Crippen molar-refractivity contribution in [2.45, 2.75) is 39.4 Å². The Balaban J connectivity index is 1.74. The molecule has 7 heteroatoms. The van der Waals surface area contributed by atoms with Crippen molar-refractivity contribution in [2.75, 3.05) is 20.2 Å². The minimum atomic E-state index is -0.265. The highest BCUT2D eigenvalue weighted by atomic mass is 19.1. The molecule has 1 aliphatic rings. The third kappa shape index (κ3) is 5.04. The maximum Gasteiger partial charge on any atom is 0.316 e. The molecule has 0 N–H and O–H groups in total. The second-order valence-electron chi connectivity index (χ2n) is 7.52. The van der Waals surface area contributed by atoms with Crippen molar-refractivity contribution in [1.82, 2.24) is 19.8 Å². The average molecular weight is 386 g/mol. The van der Waals surface area contributed by atoms with E-state index in [1.54, 1.807) is 31.6 Å². The summed E-state index contributed by atoms with van der Waals surface area (Å²) >= 11 is 0. The summed E-state index contributed by atoms with van der Waals surface area (Å²) in [5, 5.41) is 0. The molecule has 1 aromatic heterocycles. The van der Waals surface area contributed by atoms with Crippen molar-refractivity contribution in [3.05, 3.63) is 53.6 Å². The summed E-state index contributed by atoms with van der Waals surface area (Å²) in [4.78, 5) is 25.4. The van der Waals surface area contributed by atoms with E-state index in [9.17, 15) is 9.18 Å².